The van der Waals surface area contributed by atoms with Gasteiger partial charge in [-0.1, -0.05) is 145 Å². The average molecular weight is 827 g/mol. The van der Waals surface area contributed by atoms with E-state index < -0.39 is 20.0 Å². The molecule has 0 fully saturated rings. The lowest BCUT2D eigenvalue weighted by Crippen LogP contribution is -2.31. The number of sulfonamides is 2. The van der Waals surface area contributed by atoms with Crippen LogP contribution in [0.15, 0.2) is 190 Å². The van der Waals surface area contributed by atoms with E-state index in [0.717, 1.165) is 81.6 Å². The Morgan fingerprint density at radius 1 is 0.400 bits per heavy atom. The molecule has 2 heterocycles. The monoisotopic (exact) mass is 826 g/mol. The molecule has 0 aromatic heterocycles. The van der Waals surface area contributed by atoms with Crippen LogP contribution < -0.4 is 0 Å². The molecule has 4 aliphatic rings. The number of rotatable bonds is 6. The third-order valence-electron chi connectivity index (χ3n) is 11.9. The maximum Gasteiger partial charge on any atom is 0.264 e. The third-order valence-corrected chi connectivity index (χ3v) is 15.4. The molecule has 300 valence electrons. The predicted octanol–water partition coefficient (Wildman–Crippen LogP) is 11.6. The fourth-order valence-electron chi connectivity index (χ4n) is 8.43. The second kappa shape index (κ2) is 16.1. The maximum absolute atomic E-state index is 13.8. The van der Waals surface area contributed by atoms with Crippen molar-refractivity contribution < 1.29 is 16.8 Å². The second-order valence-corrected chi connectivity index (χ2v) is 19.5. The summed E-state index contributed by atoms with van der Waals surface area (Å²) in [5.41, 5.74) is 15.0. The molecule has 0 radical (unpaired) electrons. The number of aryl methyl sites for hydroxylation is 2. The first kappa shape index (κ1) is 39.3. The summed E-state index contributed by atoms with van der Waals surface area (Å²) >= 11 is 0. The van der Waals surface area contributed by atoms with Gasteiger partial charge in [-0.2, -0.15) is 0 Å². The minimum atomic E-state index is -3.71. The van der Waals surface area contributed by atoms with Gasteiger partial charge in [0.05, 0.1) is 34.3 Å². The van der Waals surface area contributed by atoms with E-state index in [-0.39, 0.29) is 0 Å². The van der Waals surface area contributed by atoms with Gasteiger partial charge in [0.15, 0.2) is 0 Å². The van der Waals surface area contributed by atoms with Crippen LogP contribution in [0.2, 0.25) is 0 Å². The van der Waals surface area contributed by atoms with Crippen LogP contribution in [-0.4, -0.2) is 25.4 Å². The molecule has 60 heavy (non-hydrogen) atoms. The minimum Gasteiger partial charge on any atom is -0.262 e. The van der Waals surface area contributed by atoms with E-state index in [1.165, 1.54) is 22.3 Å². The lowest BCUT2D eigenvalue weighted by Gasteiger charge is -2.30. The van der Waals surface area contributed by atoms with Gasteiger partial charge in [-0.15, -0.1) is 0 Å². The quantitative estimate of drug-likeness (QED) is 0.168. The molecule has 0 atom stereocenters. The van der Waals surface area contributed by atoms with E-state index in [0.29, 0.717) is 22.9 Å². The van der Waals surface area contributed by atoms with E-state index in [1.807, 2.05) is 147 Å². The van der Waals surface area contributed by atoms with Crippen LogP contribution in [0.1, 0.15) is 70.2 Å². The van der Waals surface area contributed by atoms with Gasteiger partial charge in [-0.05, 0) is 132 Å². The van der Waals surface area contributed by atoms with Gasteiger partial charge in [0, 0.05) is 0 Å². The number of hydrogen-bond acceptors (Lipinski definition) is 4. The summed E-state index contributed by atoms with van der Waals surface area (Å²) in [6, 6.07) is 50.5. The van der Waals surface area contributed by atoms with Gasteiger partial charge in [0.25, 0.3) is 20.0 Å². The highest BCUT2D eigenvalue weighted by atomic mass is 32.2. The summed E-state index contributed by atoms with van der Waals surface area (Å²) in [6.07, 6.45) is 7.79. The molecule has 0 N–H and O–H groups in total. The van der Waals surface area contributed by atoms with Crippen molar-refractivity contribution in [3.8, 4) is 0 Å². The van der Waals surface area contributed by atoms with Crippen LogP contribution >= 0.6 is 0 Å². The molecule has 2 aliphatic heterocycles. The van der Waals surface area contributed by atoms with Crippen molar-refractivity contribution in [2.75, 3.05) is 0 Å². The highest BCUT2D eigenvalue weighted by Gasteiger charge is 2.38. The SMILES string of the molecule is Cc1ccc(S(=O)(=O)N2Cc3ccccc3C3=C(CC3)/C2=C/c2ccccc2)cc1.Cc1ccc(S(=O)(=O)N2Cc3ccccc3C3=C(CC3)/C2=C/c2ccccc2)cc1. The van der Waals surface area contributed by atoms with Gasteiger partial charge < -0.3 is 0 Å². The normalized spacial score (nSPS) is 17.2. The van der Waals surface area contributed by atoms with Gasteiger partial charge in [-0.25, -0.2) is 16.8 Å². The Morgan fingerprint density at radius 3 is 1.08 bits per heavy atom. The Labute approximate surface area is 354 Å². The Bertz CT molecular complexity index is 2740. The lowest BCUT2D eigenvalue weighted by molar-refractivity contribution is 0.476. The zero-order chi connectivity index (χ0) is 41.4. The molecule has 0 saturated carbocycles. The molecular weight excluding hydrogens is 781 g/mol. The predicted molar refractivity (Wildman–Crippen MR) is 242 cm³/mol. The van der Waals surface area contributed by atoms with Crippen molar-refractivity contribution in [3.05, 3.63) is 225 Å². The van der Waals surface area contributed by atoms with Crippen LogP contribution in [0.4, 0.5) is 0 Å². The van der Waals surface area contributed by atoms with Crippen molar-refractivity contribution in [3.63, 3.8) is 0 Å². The number of fused-ring (bicyclic) bond motifs is 4. The fraction of sp³-hybridized carbons (Fsp3) is 0.154. The minimum absolute atomic E-state index is 0.327. The van der Waals surface area contributed by atoms with E-state index in [2.05, 4.69) is 12.1 Å². The largest absolute Gasteiger partial charge is 0.264 e. The fourth-order valence-corrected chi connectivity index (χ4v) is 11.4. The van der Waals surface area contributed by atoms with Crippen molar-refractivity contribution in [2.45, 2.75) is 62.4 Å². The van der Waals surface area contributed by atoms with Crippen molar-refractivity contribution >= 4 is 43.3 Å². The Morgan fingerprint density at radius 2 is 0.733 bits per heavy atom. The number of nitrogens with zero attached hydrogens (tertiary/aromatic N) is 2. The Kier molecular flexibility index (Phi) is 10.5. The molecule has 0 unspecified atom stereocenters. The van der Waals surface area contributed by atoms with E-state index in [1.54, 1.807) is 32.9 Å². The van der Waals surface area contributed by atoms with Crippen LogP contribution in [0.25, 0.3) is 23.3 Å². The first-order valence-electron chi connectivity index (χ1n) is 20.4. The molecule has 0 spiro atoms. The molecule has 6 nitrogen and oxygen atoms in total. The molecular formula is C52H46N2O4S2. The first-order chi connectivity index (χ1) is 29.1. The summed E-state index contributed by atoms with van der Waals surface area (Å²) in [4.78, 5) is 0.654. The van der Waals surface area contributed by atoms with Crippen molar-refractivity contribution in [2.24, 2.45) is 0 Å². The number of allylic oxidation sites excluding steroid dienone is 4. The number of benzene rings is 6. The summed E-state index contributed by atoms with van der Waals surface area (Å²) in [7, 11) is -7.41. The highest BCUT2D eigenvalue weighted by molar-refractivity contribution is 7.89. The van der Waals surface area contributed by atoms with Gasteiger partial charge in [0.1, 0.15) is 0 Å². The highest BCUT2D eigenvalue weighted by Crippen LogP contribution is 2.48. The van der Waals surface area contributed by atoms with Crippen molar-refractivity contribution in [1.82, 2.24) is 8.61 Å². The van der Waals surface area contributed by atoms with E-state index >= 15 is 0 Å². The summed E-state index contributed by atoms with van der Waals surface area (Å²) in [5.74, 6) is 0. The van der Waals surface area contributed by atoms with Gasteiger partial charge >= 0.3 is 0 Å². The molecule has 6 aromatic rings. The zero-order valence-electron chi connectivity index (χ0n) is 33.8. The lowest BCUT2D eigenvalue weighted by atomic mass is 9.81. The smallest absolute Gasteiger partial charge is 0.262 e. The Hall–Kier alpha value is -6.22. The molecule has 0 saturated heterocycles. The molecule has 0 amide bonds. The molecule has 8 heteroatoms. The number of hydrogen-bond donors (Lipinski definition) is 0. The topological polar surface area (TPSA) is 74.8 Å². The second-order valence-electron chi connectivity index (χ2n) is 15.8. The van der Waals surface area contributed by atoms with Gasteiger partial charge in [-0.3, -0.25) is 8.61 Å². The molecule has 2 aliphatic carbocycles. The standard InChI is InChI=1S/2C26H23NO2S/c2*1-19-11-13-22(14-12-19)30(28,29)27-18-21-9-5-6-10-23(21)24-15-16-25(24)26(27)17-20-7-3-2-4-8-20/h2*2-14,17H,15-16,18H2,1H3/b2*26-17-. The zero-order valence-corrected chi connectivity index (χ0v) is 35.4. The van der Waals surface area contributed by atoms with Crippen LogP contribution in [-0.2, 0) is 33.1 Å². The van der Waals surface area contributed by atoms with Crippen molar-refractivity contribution in [1.29, 1.82) is 0 Å². The first-order valence-corrected chi connectivity index (χ1v) is 23.3. The summed E-state index contributed by atoms with van der Waals surface area (Å²) in [5, 5.41) is 0. The summed E-state index contributed by atoms with van der Waals surface area (Å²) in [6.45, 7) is 4.59. The molecule has 10 rings (SSSR count). The van der Waals surface area contributed by atoms with Crippen LogP contribution in [0.5, 0.6) is 0 Å². The third kappa shape index (κ3) is 7.46. The Balaban J connectivity index is 0.000000154. The average Bonchev–Trinajstić information content (AvgIpc) is 3.38. The molecule has 0 bridgehead atoms. The van der Waals surface area contributed by atoms with Crippen LogP contribution in [0, 0.1) is 13.8 Å². The van der Waals surface area contributed by atoms with Gasteiger partial charge in [0.2, 0.25) is 0 Å². The summed E-state index contributed by atoms with van der Waals surface area (Å²) < 4.78 is 58.4. The van der Waals surface area contributed by atoms with E-state index in [4.69, 9.17) is 0 Å². The maximum atomic E-state index is 13.8. The van der Waals surface area contributed by atoms with Crippen LogP contribution in [0.3, 0.4) is 0 Å². The van der Waals surface area contributed by atoms with E-state index in [9.17, 15) is 16.8 Å². The molecule has 6 aromatic carbocycles.